The van der Waals surface area contributed by atoms with Crippen molar-refractivity contribution in [2.45, 2.75) is 33.7 Å². The third kappa shape index (κ3) is 3.36. The minimum atomic E-state index is -0.106. The van der Waals surface area contributed by atoms with Crippen LogP contribution in [-0.2, 0) is 6.54 Å². The minimum Gasteiger partial charge on any atom is -0.375 e. The third-order valence-electron chi connectivity index (χ3n) is 2.95. The first-order valence-corrected chi connectivity index (χ1v) is 7.31. The predicted molar refractivity (Wildman–Crippen MR) is 79.9 cm³/mol. The van der Waals surface area contributed by atoms with Gasteiger partial charge in [-0.3, -0.25) is 9.48 Å². The van der Waals surface area contributed by atoms with Gasteiger partial charge in [0.05, 0.1) is 11.4 Å². The van der Waals surface area contributed by atoms with Crippen molar-refractivity contribution in [1.82, 2.24) is 20.1 Å². The van der Waals surface area contributed by atoms with Crippen LogP contribution in [0, 0.1) is 20.8 Å². The summed E-state index contributed by atoms with van der Waals surface area (Å²) in [5.74, 6) is -0.106. The fraction of sp³-hybridized carbons (Fsp3) is 0.462. The summed E-state index contributed by atoms with van der Waals surface area (Å²) < 4.78 is 1.96. The monoisotopic (exact) mass is 293 g/mol. The summed E-state index contributed by atoms with van der Waals surface area (Å²) in [6, 6.07) is 2.04. The van der Waals surface area contributed by atoms with Crippen LogP contribution >= 0.6 is 11.3 Å². The summed E-state index contributed by atoms with van der Waals surface area (Å²) >= 11 is 1.22. The molecule has 7 heteroatoms. The summed E-state index contributed by atoms with van der Waals surface area (Å²) in [7, 11) is 0. The van der Waals surface area contributed by atoms with Gasteiger partial charge in [0.2, 0.25) is 0 Å². The summed E-state index contributed by atoms with van der Waals surface area (Å²) in [5, 5.41) is 7.69. The summed E-state index contributed by atoms with van der Waals surface area (Å²) in [6.45, 7) is 7.19. The first-order chi connectivity index (χ1) is 9.47. The van der Waals surface area contributed by atoms with Crippen LogP contribution in [0.3, 0.4) is 0 Å². The van der Waals surface area contributed by atoms with Crippen LogP contribution in [0.2, 0.25) is 0 Å². The SMILES string of the molecule is Cc1cc(C)n(CCCNC(=O)c2sc(N)nc2C)n1. The lowest BCUT2D eigenvalue weighted by atomic mass is 10.3. The molecular formula is C13H19N5OS. The maximum atomic E-state index is 11.9. The van der Waals surface area contributed by atoms with Crippen LogP contribution in [0.5, 0.6) is 0 Å². The number of carbonyl (C=O) groups excluding carboxylic acids is 1. The Bertz CT molecular complexity index is 616. The molecule has 0 atom stereocenters. The largest absolute Gasteiger partial charge is 0.375 e. The highest BCUT2D eigenvalue weighted by atomic mass is 32.1. The lowest BCUT2D eigenvalue weighted by Crippen LogP contribution is -2.25. The molecule has 0 aromatic carbocycles. The van der Waals surface area contributed by atoms with Crippen molar-refractivity contribution in [3.8, 4) is 0 Å². The van der Waals surface area contributed by atoms with Gasteiger partial charge in [0, 0.05) is 18.8 Å². The number of amides is 1. The molecule has 108 valence electrons. The molecule has 2 aromatic heterocycles. The smallest absolute Gasteiger partial charge is 0.263 e. The highest BCUT2D eigenvalue weighted by Crippen LogP contribution is 2.19. The Balaban J connectivity index is 1.80. The normalized spacial score (nSPS) is 10.8. The topological polar surface area (TPSA) is 85.8 Å². The van der Waals surface area contributed by atoms with E-state index in [0.717, 1.165) is 24.4 Å². The number of nitrogens with one attached hydrogen (secondary N) is 1. The molecular weight excluding hydrogens is 274 g/mol. The number of nitrogens with zero attached hydrogens (tertiary/aromatic N) is 3. The molecule has 0 saturated carbocycles. The molecule has 0 spiro atoms. The molecule has 0 unspecified atom stereocenters. The zero-order valence-corrected chi connectivity index (χ0v) is 12.8. The van der Waals surface area contributed by atoms with E-state index in [0.29, 0.717) is 22.2 Å². The van der Waals surface area contributed by atoms with E-state index < -0.39 is 0 Å². The van der Waals surface area contributed by atoms with Gasteiger partial charge in [-0.05, 0) is 33.3 Å². The quantitative estimate of drug-likeness (QED) is 0.821. The van der Waals surface area contributed by atoms with Crippen LogP contribution < -0.4 is 11.1 Å². The number of hydrogen-bond donors (Lipinski definition) is 2. The predicted octanol–water partition coefficient (Wildman–Crippen LogP) is 1.67. The molecule has 2 aromatic rings. The van der Waals surface area contributed by atoms with Gasteiger partial charge in [-0.25, -0.2) is 4.98 Å². The number of anilines is 1. The van der Waals surface area contributed by atoms with Gasteiger partial charge >= 0.3 is 0 Å². The fourth-order valence-electron chi connectivity index (χ4n) is 2.04. The van der Waals surface area contributed by atoms with Crippen molar-refractivity contribution in [3.63, 3.8) is 0 Å². The van der Waals surface area contributed by atoms with Gasteiger partial charge < -0.3 is 11.1 Å². The van der Waals surface area contributed by atoms with Crippen LogP contribution in [0.4, 0.5) is 5.13 Å². The van der Waals surface area contributed by atoms with Gasteiger partial charge in [-0.15, -0.1) is 0 Å². The molecule has 0 aliphatic carbocycles. The average molecular weight is 293 g/mol. The van der Waals surface area contributed by atoms with Gasteiger partial charge in [-0.1, -0.05) is 11.3 Å². The molecule has 0 saturated heterocycles. The van der Waals surface area contributed by atoms with Crippen molar-refractivity contribution in [3.05, 3.63) is 28.0 Å². The van der Waals surface area contributed by atoms with E-state index in [-0.39, 0.29) is 5.91 Å². The molecule has 0 bridgehead atoms. The second kappa shape index (κ2) is 6.04. The zero-order chi connectivity index (χ0) is 14.7. The van der Waals surface area contributed by atoms with Crippen LogP contribution in [0.15, 0.2) is 6.07 Å². The van der Waals surface area contributed by atoms with E-state index in [1.165, 1.54) is 11.3 Å². The van der Waals surface area contributed by atoms with Crippen molar-refractivity contribution >= 4 is 22.4 Å². The molecule has 3 N–H and O–H groups in total. The molecule has 0 fully saturated rings. The van der Waals surface area contributed by atoms with Crippen molar-refractivity contribution in [1.29, 1.82) is 0 Å². The van der Waals surface area contributed by atoms with Gasteiger partial charge in [0.25, 0.3) is 5.91 Å². The van der Waals surface area contributed by atoms with Crippen LogP contribution in [0.1, 0.15) is 33.2 Å². The maximum Gasteiger partial charge on any atom is 0.263 e. The van der Waals surface area contributed by atoms with Crippen LogP contribution in [0.25, 0.3) is 0 Å². The Morgan fingerprint density at radius 3 is 2.75 bits per heavy atom. The van der Waals surface area contributed by atoms with E-state index in [4.69, 9.17) is 5.73 Å². The van der Waals surface area contributed by atoms with E-state index in [1.54, 1.807) is 6.92 Å². The molecule has 0 aliphatic heterocycles. The average Bonchev–Trinajstić information content (AvgIpc) is 2.87. The second-order valence-electron chi connectivity index (χ2n) is 4.73. The van der Waals surface area contributed by atoms with Gasteiger partial charge in [0.15, 0.2) is 5.13 Å². The highest BCUT2D eigenvalue weighted by Gasteiger charge is 2.13. The molecule has 6 nitrogen and oxygen atoms in total. The Labute approximate surface area is 122 Å². The molecule has 0 radical (unpaired) electrons. The van der Waals surface area contributed by atoms with Crippen molar-refractivity contribution in [2.24, 2.45) is 0 Å². The lowest BCUT2D eigenvalue weighted by molar-refractivity contribution is 0.0956. The number of thiazole rings is 1. The van der Waals surface area contributed by atoms with E-state index in [2.05, 4.69) is 15.4 Å². The minimum absolute atomic E-state index is 0.106. The lowest BCUT2D eigenvalue weighted by Gasteiger charge is -2.06. The number of hydrogen-bond acceptors (Lipinski definition) is 5. The summed E-state index contributed by atoms with van der Waals surface area (Å²) in [6.07, 6.45) is 0.834. The van der Waals surface area contributed by atoms with Crippen LogP contribution in [-0.4, -0.2) is 27.2 Å². The number of nitrogen functional groups attached to an aromatic ring is 1. The molecule has 20 heavy (non-hydrogen) atoms. The highest BCUT2D eigenvalue weighted by molar-refractivity contribution is 7.17. The zero-order valence-electron chi connectivity index (χ0n) is 11.9. The molecule has 2 rings (SSSR count). The first kappa shape index (κ1) is 14.5. The Hall–Kier alpha value is -1.89. The first-order valence-electron chi connectivity index (χ1n) is 6.49. The maximum absolute atomic E-state index is 11.9. The standard InChI is InChI=1S/C13H19N5OS/c1-8-7-9(2)18(17-8)6-4-5-15-12(19)11-10(3)16-13(14)20-11/h7H,4-6H2,1-3H3,(H2,14,16)(H,15,19). The Morgan fingerprint density at radius 1 is 1.45 bits per heavy atom. The molecule has 0 aliphatic rings. The van der Waals surface area contributed by atoms with Crippen molar-refractivity contribution in [2.75, 3.05) is 12.3 Å². The summed E-state index contributed by atoms with van der Waals surface area (Å²) in [4.78, 5) is 16.6. The Morgan fingerprint density at radius 2 is 2.20 bits per heavy atom. The number of aromatic nitrogens is 3. The van der Waals surface area contributed by atoms with Gasteiger partial charge in [0.1, 0.15) is 4.88 Å². The van der Waals surface area contributed by atoms with E-state index in [1.807, 2.05) is 24.6 Å². The van der Waals surface area contributed by atoms with Gasteiger partial charge in [-0.2, -0.15) is 5.10 Å². The third-order valence-corrected chi connectivity index (χ3v) is 3.94. The van der Waals surface area contributed by atoms with E-state index >= 15 is 0 Å². The van der Waals surface area contributed by atoms with Crippen molar-refractivity contribution < 1.29 is 4.79 Å². The number of carbonyl (C=O) groups is 1. The molecule has 2 heterocycles. The second-order valence-corrected chi connectivity index (χ2v) is 5.76. The van der Waals surface area contributed by atoms with E-state index in [9.17, 15) is 4.79 Å². The number of aryl methyl sites for hydroxylation is 4. The Kier molecular flexibility index (Phi) is 4.39. The number of rotatable bonds is 5. The summed E-state index contributed by atoms with van der Waals surface area (Å²) in [5.41, 5.74) is 8.42. The number of nitrogens with two attached hydrogens (primary N) is 1. The fourth-order valence-corrected chi connectivity index (χ4v) is 2.79. The molecule has 1 amide bonds.